The third-order valence-corrected chi connectivity index (χ3v) is 8.57. The second-order valence-electron chi connectivity index (χ2n) is 10.9. The molecule has 2 nitrogen and oxygen atoms in total. The largest absolute Gasteiger partial charge is 0.455 e. The smallest absolute Gasteiger partial charge is 0.143 e. The lowest BCUT2D eigenvalue weighted by Crippen LogP contribution is -2.09. The summed E-state index contributed by atoms with van der Waals surface area (Å²) in [5.74, 6) is 0. The highest BCUT2D eigenvalue weighted by molar-refractivity contribution is 6.34. The predicted molar refractivity (Wildman–Crippen MR) is 178 cm³/mol. The van der Waals surface area contributed by atoms with Gasteiger partial charge in [-0.2, -0.15) is 0 Å². The normalized spacial score (nSPS) is 11.8. The monoisotopic (exact) mass is 535 g/mol. The van der Waals surface area contributed by atoms with Crippen LogP contribution in [0.25, 0.3) is 65.0 Å². The first kappa shape index (κ1) is 23.1. The molecule has 0 amide bonds. The van der Waals surface area contributed by atoms with Crippen molar-refractivity contribution in [2.45, 2.75) is 0 Å². The summed E-state index contributed by atoms with van der Waals surface area (Å²) in [6, 6.07) is 54.3. The molecule has 196 valence electrons. The third kappa shape index (κ3) is 3.39. The Morgan fingerprint density at radius 2 is 0.976 bits per heavy atom. The highest BCUT2D eigenvalue weighted by atomic mass is 16.3. The number of para-hydroxylation sites is 2. The van der Waals surface area contributed by atoms with Crippen molar-refractivity contribution in [3.8, 4) is 0 Å². The SMILES string of the molecule is c1ccc(N(c2ccc3ccccc3c2)c2ccc3c(ccc4c3c3ccccc3c3oc5ccccc5c43)c2)cc1. The molecule has 0 fully saturated rings. The maximum atomic E-state index is 6.46. The van der Waals surface area contributed by atoms with Crippen LogP contribution >= 0.6 is 0 Å². The molecular formula is C40H25NO. The molecule has 0 bridgehead atoms. The molecule has 8 aromatic carbocycles. The molecule has 0 unspecified atom stereocenters. The molecule has 0 saturated carbocycles. The minimum Gasteiger partial charge on any atom is -0.455 e. The van der Waals surface area contributed by atoms with Gasteiger partial charge in [-0.15, -0.1) is 0 Å². The van der Waals surface area contributed by atoms with Crippen LogP contribution in [-0.4, -0.2) is 0 Å². The molecule has 42 heavy (non-hydrogen) atoms. The number of anilines is 3. The fourth-order valence-corrected chi connectivity index (χ4v) is 6.70. The van der Waals surface area contributed by atoms with Gasteiger partial charge in [0.15, 0.2) is 0 Å². The first-order valence-electron chi connectivity index (χ1n) is 14.4. The number of hydrogen-bond acceptors (Lipinski definition) is 2. The molecule has 0 saturated heterocycles. The van der Waals surface area contributed by atoms with Gasteiger partial charge in [0.25, 0.3) is 0 Å². The highest BCUT2D eigenvalue weighted by Crippen LogP contribution is 2.44. The van der Waals surface area contributed by atoms with Crippen LogP contribution in [0.3, 0.4) is 0 Å². The van der Waals surface area contributed by atoms with Crippen molar-refractivity contribution >= 4 is 82.1 Å². The molecule has 1 heterocycles. The quantitative estimate of drug-likeness (QED) is 0.209. The van der Waals surface area contributed by atoms with Crippen molar-refractivity contribution in [1.29, 1.82) is 0 Å². The summed E-state index contributed by atoms with van der Waals surface area (Å²) in [6.45, 7) is 0. The number of fused-ring (bicyclic) bond motifs is 11. The summed E-state index contributed by atoms with van der Waals surface area (Å²) in [4.78, 5) is 2.35. The fourth-order valence-electron chi connectivity index (χ4n) is 6.70. The van der Waals surface area contributed by atoms with Crippen LogP contribution in [0.4, 0.5) is 17.1 Å². The van der Waals surface area contributed by atoms with Gasteiger partial charge in [-0.25, -0.2) is 0 Å². The van der Waals surface area contributed by atoms with Gasteiger partial charge in [0.05, 0.1) is 0 Å². The van der Waals surface area contributed by atoms with Crippen LogP contribution in [0.1, 0.15) is 0 Å². The third-order valence-electron chi connectivity index (χ3n) is 8.57. The lowest BCUT2D eigenvalue weighted by molar-refractivity contribution is 0.673. The van der Waals surface area contributed by atoms with Crippen molar-refractivity contribution in [2.75, 3.05) is 4.90 Å². The number of benzene rings is 8. The first-order chi connectivity index (χ1) is 20.8. The van der Waals surface area contributed by atoms with Crippen molar-refractivity contribution < 1.29 is 4.42 Å². The molecule has 0 radical (unpaired) electrons. The van der Waals surface area contributed by atoms with E-state index in [1.54, 1.807) is 0 Å². The number of rotatable bonds is 3. The van der Waals surface area contributed by atoms with E-state index in [4.69, 9.17) is 4.42 Å². The summed E-state index contributed by atoms with van der Waals surface area (Å²) in [6.07, 6.45) is 0. The van der Waals surface area contributed by atoms with Crippen LogP contribution in [0.2, 0.25) is 0 Å². The average molecular weight is 536 g/mol. The first-order valence-corrected chi connectivity index (χ1v) is 14.4. The molecule has 0 aliphatic carbocycles. The Kier molecular flexibility index (Phi) is 4.93. The summed E-state index contributed by atoms with van der Waals surface area (Å²) < 4.78 is 6.46. The summed E-state index contributed by atoms with van der Waals surface area (Å²) in [5.41, 5.74) is 5.28. The average Bonchev–Trinajstić information content (AvgIpc) is 3.45. The van der Waals surface area contributed by atoms with Gasteiger partial charge in [0.2, 0.25) is 0 Å². The zero-order valence-electron chi connectivity index (χ0n) is 22.8. The highest BCUT2D eigenvalue weighted by Gasteiger charge is 2.18. The predicted octanol–water partition coefficient (Wildman–Crippen LogP) is 11.7. The second kappa shape index (κ2) is 8.95. The summed E-state index contributed by atoms with van der Waals surface area (Å²) in [7, 11) is 0. The molecule has 0 aliphatic rings. The summed E-state index contributed by atoms with van der Waals surface area (Å²) in [5, 5.41) is 12.1. The molecule has 1 aromatic heterocycles. The van der Waals surface area contributed by atoms with Crippen molar-refractivity contribution in [1.82, 2.24) is 0 Å². The summed E-state index contributed by atoms with van der Waals surface area (Å²) >= 11 is 0. The van der Waals surface area contributed by atoms with Gasteiger partial charge < -0.3 is 9.32 Å². The van der Waals surface area contributed by atoms with Crippen LogP contribution in [0.15, 0.2) is 156 Å². The van der Waals surface area contributed by atoms with Gasteiger partial charge in [-0.1, -0.05) is 109 Å². The minimum atomic E-state index is 0.925. The molecule has 9 aromatic rings. The maximum Gasteiger partial charge on any atom is 0.143 e. The van der Waals surface area contributed by atoms with E-state index in [1.807, 2.05) is 6.07 Å². The van der Waals surface area contributed by atoms with E-state index in [1.165, 1.54) is 43.1 Å². The van der Waals surface area contributed by atoms with Gasteiger partial charge in [0.1, 0.15) is 11.2 Å². The lowest BCUT2D eigenvalue weighted by Gasteiger charge is -2.26. The molecule has 9 rings (SSSR count). The van der Waals surface area contributed by atoms with E-state index in [-0.39, 0.29) is 0 Å². The second-order valence-corrected chi connectivity index (χ2v) is 10.9. The van der Waals surface area contributed by atoms with Gasteiger partial charge >= 0.3 is 0 Å². The maximum absolute atomic E-state index is 6.46. The van der Waals surface area contributed by atoms with E-state index in [2.05, 4.69) is 150 Å². The molecular weight excluding hydrogens is 510 g/mol. The molecule has 0 aliphatic heterocycles. The van der Waals surface area contributed by atoms with Gasteiger partial charge in [0, 0.05) is 33.2 Å². The van der Waals surface area contributed by atoms with Gasteiger partial charge in [-0.05, 0) is 80.2 Å². The number of hydrogen-bond donors (Lipinski definition) is 0. The number of nitrogens with zero attached hydrogens (tertiary/aromatic N) is 1. The molecule has 2 heteroatoms. The Bertz CT molecular complexity index is 2470. The fraction of sp³-hybridized carbons (Fsp3) is 0. The standard InChI is InChI=1S/C40H25NO/c1-2-12-29(13-3-1)41(30-20-18-26-10-4-5-11-27(26)24-30)31-21-23-32-28(25-31)19-22-36-38(32)33-14-6-7-15-34(33)40-39(36)35-16-8-9-17-37(35)42-40/h1-25H. The number of furan rings is 1. The van der Waals surface area contributed by atoms with E-state index < -0.39 is 0 Å². The van der Waals surface area contributed by atoms with Crippen LogP contribution in [0.5, 0.6) is 0 Å². The van der Waals surface area contributed by atoms with E-state index in [9.17, 15) is 0 Å². The Morgan fingerprint density at radius 3 is 1.83 bits per heavy atom. The van der Waals surface area contributed by atoms with Crippen LogP contribution < -0.4 is 4.90 Å². The topological polar surface area (TPSA) is 16.4 Å². The zero-order chi connectivity index (χ0) is 27.6. The van der Waals surface area contributed by atoms with Crippen molar-refractivity contribution in [2.24, 2.45) is 0 Å². The van der Waals surface area contributed by atoms with Gasteiger partial charge in [-0.3, -0.25) is 0 Å². The van der Waals surface area contributed by atoms with E-state index in [0.29, 0.717) is 0 Å². The van der Waals surface area contributed by atoms with E-state index >= 15 is 0 Å². The Balaban J connectivity index is 1.33. The lowest BCUT2D eigenvalue weighted by atomic mass is 9.92. The van der Waals surface area contributed by atoms with Crippen molar-refractivity contribution in [3.63, 3.8) is 0 Å². The minimum absolute atomic E-state index is 0.925. The Labute approximate surface area is 242 Å². The van der Waals surface area contributed by atoms with Crippen LogP contribution in [-0.2, 0) is 0 Å². The van der Waals surface area contributed by atoms with E-state index in [0.717, 1.165) is 39.0 Å². The van der Waals surface area contributed by atoms with Crippen LogP contribution in [0, 0.1) is 0 Å². The molecule has 0 atom stereocenters. The Morgan fingerprint density at radius 1 is 0.357 bits per heavy atom. The molecule has 0 spiro atoms. The zero-order valence-corrected chi connectivity index (χ0v) is 22.8. The molecule has 0 N–H and O–H groups in total. The van der Waals surface area contributed by atoms with Crippen molar-refractivity contribution in [3.05, 3.63) is 152 Å². The Hall–Kier alpha value is -5.60.